The van der Waals surface area contributed by atoms with Crippen LogP contribution in [0.15, 0.2) is 30.3 Å². The normalized spacial score (nSPS) is 15.7. The quantitative estimate of drug-likeness (QED) is 0.685. The minimum atomic E-state index is -0.204. The number of rotatable bonds is 8. The second kappa shape index (κ2) is 9.96. The Bertz CT molecular complexity index is 513. The van der Waals surface area contributed by atoms with Crippen molar-refractivity contribution in [1.29, 1.82) is 0 Å². The molecule has 3 amide bonds. The molecule has 5 nitrogen and oxygen atoms in total. The van der Waals surface area contributed by atoms with E-state index in [1.165, 1.54) is 18.4 Å². The molecule has 1 aromatic carbocycles. The Morgan fingerprint density at radius 2 is 1.88 bits per heavy atom. The Morgan fingerprint density at radius 1 is 1.17 bits per heavy atom. The SMILES string of the molecule is CC(CCc1ccccc1)NC(=O)NCCC(=O)NC1CCCC1. The summed E-state index contributed by atoms with van der Waals surface area (Å²) in [7, 11) is 0. The molecule has 0 aromatic heterocycles. The third-order valence-electron chi connectivity index (χ3n) is 4.44. The van der Waals surface area contributed by atoms with Gasteiger partial charge in [0.1, 0.15) is 0 Å². The predicted molar refractivity (Wildman–Crippen MR) is 95.8 cm³/mol. The third-order valence-corrected chi connectivity index (χ3v) is 4.44. The molecule has 1 atom stereocenters. The summed E-state index contributed by atoms with van der Waals surface area (Å²) in [6.07, 6.45) is 6.73. The highest BCUT2D eigenvalue weighted by atomic mass is 16.2. The predicted octanol–water partition coefficient (Wildman–Crippen LogP) is 2.76. The number of aryl methyl sites for hydroxylation is 1. The average Bonchev–Trinajstić information content (AvgIpc) is 3.06. The van der Waals surface area contributed by atoms with Gasteiger partial charge in [-0.3, -0.25) is 4.79 Å². The van der Waals surface area contributed by atoms with Crippen molar-refractivity contribution in [1.82, 2.24) is 16.0 Å². The monoisotopic (exact) mass is 331 g/mol. The molecule has 3 N–H and O–H groups in total. The lowest BCUT2D eigenvalue weighted by Gasteiger charge is -2.15. The van der Waals surface area contributed by atoms with E-state index in [9.17, 15) is 9.59 Å². The fourth-order valence-electron chi connectivity index (χ4n) is 3.03. The Kier molecular flexibility index (Phi) is 7.59. The summed E-state index contributed by atoms with van der Waals surface area (Å²) in [6.45, 7) is 2.37. The molecule has 2 rings (SSSR count). The van der Waals surface area contributed by atoms with E-state index in [1.54, 1.807) is 0 Å². The molecule has 1 unspecified atom stereocenters. The molecule has 1 saturated carbocycles. The van der Waals surface area contributed by atoms with Crippen LogP contribution in [0.25, 0.3) is 0 Å². The van der Waals surface area contributed by atoms with Crippen molar-refractivity contribution < 1.29 is 9.59 Å². The van der Waals surface area contributed by atoms with Crippen molar-refractivity contribution >= 4 is 11.9 Å². The number of carbonyl (C=O) groups excluding carboxylic acids is 2. The summed E-state index contributed by atoms with van der Waals surface area (Å²) < 4.78 is 0. The van der Waals surface area contributed by atoms with Crippen molar-refractivity contribution in [3.63, 3.8) is 0 Å². The van der Waals surface area contributed by atoms with E-state index in [-0.39, 0.29) is 18.0 Å². The first kappa shape index (κ1) is 18.3. The zero-order valence-electron chi connectivity index (χ0n) is 14.5. The van der Waals surface area contributed by atoms with Crippen LogP contribution in [-0.2, 0) is 11.2 Å². The smallest absolute Gasteiger partial charge is 0.315 e. The maximum absolute atomic E-state index is 11.8. The summed E-state index contributed by atoms with van der Waals surface area (Å²) in [5.74, 6) is 0.0272. The van der Waals surface area contributed by atoms with Crippen LogP contribution in [0.4, 0.5) is 4.79 Å². The van der Waals surface area contributed by atoms with Crippen LogP contribution in [-0.4, -0.2) is 30.6 Å². The fraction of sp³-hybridized carbons (Fsp3) is 0.579. The molecule has 1 aromatic rings. The van der Waals surface area contributed by atoms with Crippen molar-refractivity contribution in [3.8, 4) is 0 Å². The van der Waals surface area contributed by atoms with Gasteiger partial charge in [-0.25, -0.2) is 4.79 Å². The van der Waals surface area contributed by atoms with Crippen LogP contribution in [0.3, 0.4) is 0 Å². The molecule has 0 aliphatic heterocycles. The topological polar surface area (TPSA) is 70.2 Å². The van der Waals surface area contributed by atoms with Gasteiger partial charge < -0.3 is 16.0 Å². The van der Waals surface area contributed by atoms with Crippen LogP contribution in [0.2, 0.25) is 0 Å². The number of urea groups is 1. The van der Waals surface area contributed by atoms with E-state index in [4.69, 9.17) is 0 Å². The zero-order valence-corrected chi connectivity index (χ0v) is 14.5. The first-order valence-corrected chi connectivity index (χ1v) is 9.01. The molecule has 1 aliphatic carbocycles. The van der Waals surface area contributed by atoms with Gasteiger partial charge in [-0.15, -0.1) is 0 Å². The molecule has 132 valence electrons. The second-order valence-corrected chi connectivity index (χ2v) is 6.62. The molecule has 0 saturated heterocycles. The highest BCUT2D eigenvalue weighted by molar-refractivity contribution is 5.78. The Balaban J connectivity index is 1.54. The maximum atomic E-state index is 11.8. The molecule has 1 aliphatic rings. The van der Waals surface area contributed by atoms with Crippen molar-refractivity contribution in [2.45, 2.75) is 64.0 Å². The lowest BCUT2D eigenvalue weighted by atomic mass is 10.1. The fourth-order valence-corrected chi connectivity index (χ4v) is 3.03. The third kappa shape index (κ3) is 7.02. The van der Waals surface area contributed by atoms with Gasteiger partial charge in [0, 0.05) is 25.0 Å². The number of hydrogen-bond donors (Lipinski definition) is 3. The van der Waals surface area contributed by atoms with E-state index in [0.717, 1.165) is 25.7 Å². The van der Waals surface area contributed by atoms with Crippen LogP contribution < -0.4 is 16.0 Å². The Labute approximate surface area is 144 Å². The molecule has 0 radical (unpaired) electrons. The highest BCUT2D eigenvalue weighted by Crippen LogP contribution is 2.17. The van der Waals surface area contributed by atoms with Crippen LogP contribution in [0.5, 0.6) is 0 Å². The standard InChI is InChI=1S/C19H29N3O2/c1-15(11-12-16-7-3-2-4-8-16)21-19(24)20-14-13-18(23)22-17-9-5-6-10-17/h2-4,7-8,15,17H,5-6,9-14H2,1H3,(H,22,23)(H2,20,21,24). The summed E-state index contributed by atoms with van der Waals surface area (Å²) in [6, 6.07) is 10.5. The number of carbonyl (C=O) groups is 2. The second-order valence-electron chi connectivity index (χ2n) is 6.62. The van der Waals surface area contributed by atoms with Gasteiger partial charge in [0.05, 0.1) is 0 Å². The Morgan fingerprint density at radius 3 is 2.58 bits per heavy atom. The molecular formula is C19H29N3O2. The molecule has 5 heteroatoms. The van der Waals surface area contributed by atoms with Crippen molar-refractivity contribution in [3.05, 3.63) is 35.9 Å². The van der Waals surface area contributed by atoms with Gasteiger partial charge in [0.2, 0.25) is 5.91 Å². The van der Waals surface area contributed by atoms with Gasteiger partial charge in [-0.2, -0.15) is 0 Å². The average molecular weight is 331 g/mol. The van der Waals surface area contributed by atoms with Crippen molar-refractivity contribution in [2.75, 3.05) is 6.54 Å². The Hall–Kier alpha value is -2.04. The number of nitrogens with one attached hydrogen (secondary N) is 3. The van der Waals surface area contributed by atoms with Crippen LogP contribution >= 0.6 is 0 Å². The number of hydrogen-bond acceptors (Lipinski definition) is 2. The molecule has 24 heavy (non-hydrogen) atoms. The molecule has 0 bridgehead atoms. The minimum Gasteiger partial charge on any atom is -0.353 e. The van der Waals surface area contributed by atoms with E-state index in [0.29, 0.717) is 19.0 Å². The van der Waals surface area contributed by atoms with Gasteiger partial charge in [0.15, 0.2) is 0 Å². The summed E-state index contributed by atoms with van der Waals surface area (Å²) in [4.78, 5) is 23.6. The molecule has 0 heterocycles. The van der Waals surface area contributed by atoms with E-state index < -0.39 is 0 Å². The largest absolute Gasteiger partial charge is 0.353 e. The van der Waals surface area contributed by atoms with E-state index in [2.05, 4.69) is 28.1 Å². The molecular weight excluding hydrogens is 302 g/mol. The number of amides is 3. The number of benzene rings is 1. The van der Waals surface area contributed by atoms with E-state index >= 15 is 0 Å². The van der Waals surface area contributed by atoms with Crippen molar-refractivity contribution in [2.24, 2.45) is 0 Å². The summed E-state index contributed by atoms with van der Waals surface area (Å²) in [5.41, 5.74) is 1.27. The van der Waals surface area contributed by atoms with Crippen LogP contribution in [0, 0.1) is 0 Å². The maximum Gasteiger partial charge on any atom is 0.315 e. The summed E-state index contributed by atoms with van der Waals surface area (Å²) >= 11 is 0. The summed E-state index contributed by atoms with van der Waals surface area (Å²) in [5, 5.41) is 8.69. The van der Waals surface area contributed by atoms with Gasteiger partial charge >= 0.3 is 6.03 Å². The lowest BCUT2D eigenvalue weighted by molar-refractivity contribution is -0.121. The highest BCUT2D eigenvalue weighted by Gasteiger charge is 2.16. The lowest BCUT2D eigenvalue weighted by Crippen LogP contribution is -2.42. The first-order chi connectivity index (χ1) is 11.6. The minimum absolute atomic E-state index is 0.0272. The molecule has 0 spiro atoms. The molecule has 1 fully saturated rings. The van der Waals surface area contributed by atoms with Gasteiger partial charge in [0.25, 0.3) is 0 Å². The van der Waals surface area contributed by atoms with Crippen LogP contribution in [0.1, 0.15) is 51.0 Å². The first-order valence-electron chi connectivity index (χ1n) is 9.01. The zero-order chi connectivity index (χ0) is 17.2. The van der Waals surface area contributed by atoms with Gasteiger partial charge in [-0.05, 0) is 38.2 Å². The van der Waals surface area contributed by atoms with E-state index in [1.807, 2.05) is 25.1 Å². The van der Waals surface area contributed by atoms with Gasteiger partial charge in [-0.1, -0.05) is 43.2 Å².